The van der Waals surface area contributed by atoms with Crippen LogP contribution in [0.1, 0.15) is 0 Å². The van der Waals surface area contributed by atoms with Gasteiger partial charge in [-0.2, -0.15) is 9.79 Å². The molecular formula is H2O3PS+. The van der Waals surface area contributed by atoms with Gasteiger partial charge in [-0.1, -0.05) is 0 Å². The van der Waals surface area contributed by atoms with Gasteiger partial charge < -0.3 is 0 Å². The highest BCUT2D eigenvalue weighted by Gasteiger charge is 2.61. The van der Waals surface area contributed by atoms with Crippen molar-refractivity contribution in [2.75, 3.05) is 0 Å². The maximum Gasteiger partial charge on any atom is 0.525 e. The zero-order valence-electron chi connectivity index (χ0n) is 2.16. The zero-order valence-corrected chi connectivity index (χ0v) is 3.87. The highest BCUT2D eigenvalue weighted by atomic mass is 32.8. The molecule has 0 amide bonds. The van der Waals surface area contributed by atoms with Crippen LogP contribution in [0.3, 0.4) is 0 Å². The molecule has 0 bridgehead atoms. The Morgan fingerprint density at radius 3 is 1.80 bits per heavy atom. The molecule has 30 valence electrons. The lowest BCUT2D eigenvalue weighted by Gasteiger charge is -1.61. The largest absolute Gasteiger partial charge is 0.525 e. The molecule has 0 aromatic heterocycles. The fourth-order valence-corrected chi connectivity index (χ4v) is 0.805. The lowest BCUT2D eigenvalue weighted by molar-refractivity contribution is 0.422. The normalized spacial score (nSPS) is 30.0. The predicted molar refractivity (Wildman–Crippen MR) is 20.0 cm³/mol. The maximum absolute atomic E-state index is 8.04. The van der Waals surface area contributed by atoms with Crippen molar-refractivity contribution in [1.29, 1.82) is 0 Å². The molecule has 3 nitrogen and oxygen atoms in total. The molecule has 0 aliphatic carbocycles. The van der Waals surface area contributed by atoms with E-state index >= 15 is 0 Å². The van der Waals surface area contributed by atoms with Crippen LogP contribution in [0.25, 0.3) is 0 Å². The van der Waals surface area contributed by atoms with Crippen LogP contribution in [0.5, 0.6) is 0 Å². The third kappa shape index (κ3) is 1.03. The van der Waals surface area contributed by atoms with Crippen LogP contribution in [0.15, 0.2) is 0 Å². The Kier molecular flexibility index (Phi) is 0.639. The molecule has 1 heterocycles. The topological polar surface area (TPSA) is 53.0 Å². The summed E-state index contributed by atoms with van der Waals surface area (Å²) in [4.78, 5) is 16.1. The molecule has 1 rings (SSSR count). The Hall–Kier alpha value is 0.660. The van der Waals surface area contributed by atoms with E-state index in [9.17, 15) is 0 Å². The smallest absolute Gasteiger partial charge is 0.181 e. The van der Waals surface area contributed by atoms with Crippen molar-refractivity contribution in [3.8, 4) is 0 Å². The van der Waals surface area contributed by atoms with E-state index in [-0.39, 0.29) is 0 Å². The Morgan fingerprint density at radius 1 is 1.60 bits per heavy atom. The molecule has 0 aromatic rings. The Labute approximate surface area is 33.5 Å². The van der Waals surface area contributed by atoms with Crippen LogP contribution in [0.4, 0.5) is 0 Å². The maximum atomic E-state index is 8.04. The highest BCUT2D eigenvalue weighted by Crippen LogP contribution is 2.83. The number of hydrogen-bond donors (Lipinski definition) is 2. The molecule has 0 radical (unpaired) electrons. The molecule has 1 saturated heterocycles. The second kappa shape index (κ2) is 0.832. The fraction of sp³-hybridized carbons (Fsp3) is 0. The molecule has 0 saturated carbocycles. The van der Waals surface area contributed by atoms with Gasteiger partial charge in [0.25, 0.3) is 0 Å². The summed E-state index contributed by atoms with van der Waals surface area (Å²) in [5.41, 5.74) is 0. The first kappa shape index (κ1) is 3.84. The minimum absolute atomic E-state index is 0.748. The number of hydrogen-bond acceptors (Lipinski definition) is 4. The first-order valence-electron chi connectivity index (χ1n) is 0.932. The van der Waals surface area contributed by atoms with Crippen LogP contribution in [0.2, 0.25) is 0 Å². The van der Waals surface area contributed by atoms with Gasteiger partial charge in [0.1, 0.15) is 0 Å². The summed E-state index contributed by atoms with van der Waals surface area (Å²) in [5.74, 6) is 0. The van der Waals surface area contributed by atoms with Crippen LogP contribution < -0.4 is 0 Å². The minimum Gasteiger partial charge on any atom is -0.181 e. The summed E-state index contributed by atoms with van der Waals surface area (Å²) >= 11 is 0.748. The van der Waals surface area contributed by atoms with Crippen LogP contribution >= 0.6 is 18.8 Å². The van der Waals surface area contributed by atoms with Gasteiger partial charge in [0.2, 0.25) is 0 Å². The molecule has 1 aliphatic rings. The second-order valence-corrected chi connectivity index (χ2v) is 4.24. The van der Waals surface area contributed by atoms with E-state index < -0.39 is 7.15 Å². The summed E-state index contributed by atoms with van der Waals surface area (Å²) < 4.78 is 4.03. The van der Waals surface area contributed by atoms with Gasteiger partial charge in [-0.15, -0.1) is 0 Å². The summed E-state index contributed by atoms with van der Waals surface area (Å²) in [6.07, 6.45) is 0. The van der Waals surface area contributed by atoms with Crippen molar-refractivity contribution < 1.29 is 13.8 Å². The van der Waals surface area contributed by atoms with Gasteiger partial charge >= 0.3 is 18.8 Å². The van der Waals surface area contributed by atoms with Crippen molar-refractivity contribution >= 4 is 18.8 Å². The number of rotatable bonds is 0. The SMILES string of the molecule is O[P+]1(O)OS1. The van der Waals surface area contributed by atoms with E-state index in [2.05, 4.69) is 3.97 Å². The molecule has 5 heteroatoms. The molecule has 0 atom stereocenters. The fourth-order valence-electron chi connectivity index (χ4n) is 0.0298. The van der Waals surface area contributed by atoms with Gasteiger partial charge in [0, 0.05) is 0 Å². The lowest BCUT2D eigenvalue weighted by atomic mass is 15.8. The molecule has 2 N–H and O–H groups in total. The highest BCUT2D eigenvalue weighted by molar-refractivity contribution is 8.67. The summed E-state index contributed by atoms with van der Waals surface area (Å²) in [6, 6.07) is 0. The summed E-state index contributed by atoms with van der Waals surface area (Å²) in [7, 11) is -2.72. The first-order chi connectivity index (χ1) is 2.21. The quantitative estimate of drug-likeness (QED) is 0.270. The van der Waals surface area contributed by atoms with Gasteiger partial charge in [0.15, 0.2) is 0 Å². The van der Waals surface area contributed by atoms with Crippen LogP contribution in [0, 0.1) is 0 Å². The molecule has 0 unspecified atom stereocenters. The van der Waals surface area contributed by atoms with E-state index in [1.165, 1.54) is 0 Å². The Morgan fingerprint density at radius 2 is 1.80 bits per heavy atom. The molecule has 1 fully saturated rings. The molecule has 5 heavy (non-hydrogen) atoms. The lowest BCUT2D eigenvalue weighted by Crippen LogP contribution is -1.52. The van der Waals surface area contributed by atoms with Gasteiger partial charge in [-0.05, 0) is 3.97 Å². The third-order valence-corrected chi connectivity index (χ3v) is 1.87. The molecule has 0 spiro atoms. The monoisotopic (exact) mass is 113 g/mol. The van der Waals surface area contributed by atoms with E-state index in [0.29, 0.717) is 0 Å². The summed E-state index contributed by atoms with van der Waals surface area (Å²) in [5, 5.41) is 0. The average Bonchev–Trinajstić information content (AvgIpc) is 1.76. The molecule has 0 aromatic carbocycles. The second-order valence-electron chi connectivity index (χ2n) is 0.640. The average molecular weight is 113 g/mol. The van der Waals surface area contributed by atoms with Crippen LogP contribution in [-0.2, 0) is 3.97 Å². The van der Waals surface area contributed by atoms with Gasteiger partial charge in [0.05, 0.1) is 0 Å². The van der Waals surface area contributed by atoms with Gasteiger partial charge in [-0.3, -0.25) is 0 Å². The standard InChI is InChI=1S/H2O3PS/c1-4(2)3-5-4/h1-2H/q+1. The Bertz CT molecular complexity index is 44.9. The first-order valence-corrected chi connectivity index (χ1v) is 3.89. The van der Waals surface area contributed by atoms with Crippen molar-refractivity contribution in [2.45, 2.75) is 0 Å². The van der Waals surface area contributed by atoms with E-state index in [4.69, 9.17) is 9.79 Å². The van der Waals surface area contributed by atoms with Crippen molar-refractivity contribution in [1.82, 2.24) is 0 Å². The minimum atomic E-state index is -2.72. The van der Waals surface area contributed by atoms with Gasteiger partial charge in [-0.25, -0.2) is 0 Å². The van der Waals surface area contributed by atoms with E-state index in [1.807, 2.05) is 0 Å². The Balaban J connectivity index is 2.38. The molecular weight excluding hydrogens is 111 g/mol. The van der Waals surface area contributed by atoms with Crippen LogP contribution in [-0.4, -0.2) is 9.79 Å². The molecule has 1 aliphatic heterocycles. The van der Waals surface area contributed by atoms with E-state index in [0.717, 1.165) is 11.7 Å². The van der Waals surface area contributed by atoms with Crippen molar-refractivity contribution in [3.63, 3.8) is 0 Å². The summed E-state index contributed by atoms with van der Waals surface area (Å²) in [6.45, 7) is 0. The van der Waals surface area contributed by atoms with E-state index in [1.54, 1.807) is 0 Å². The predicted octanol–water partition coefficient (Wildman–Crippen LogP) is 0.327. The van der Waals surface area contributed by atoms with Crippen molar-refractivity contribution in [3.05, 3.63) is 0 Å². The van der Waals surface area contributed by atoms with Crippen molar-refractivity contribution in [2.24, 2.45) is 0 Å². The zero-order chi connectivity index (χ0) is 3.91. The third-order valence-electron chi connectivity index (χ3n) is 0.208.